The molecule has 126 valence electrons. The zero-order valence-corrected chi connectivity index (χ0v) is 13.9. The van der Waals surface area contributed by atoms with E-state index in [-0.39, 0.29) is 17.3 Å². The van der Waals surface area contributed by atoms with Crippen LogP contribution in [0.5, 0.6) is 0 Å². The van der Waals surface area contributed by atoms with Gasteiger partial charge in [-0.2, -0.15) is 0 Å². The maximum Gasteiger partial charge on any atom is 0.270 e. The van der Waals surface area contributed by atoms with E-state index in [9.17, 15) is 9.18 Å². The molecule has 1 aromatic carbocycles. The van der Waals surface area contributed by atoms with Gasteiger partial charge in [0.25, 0.3) is 5.91 Å². The van der Waals surface area contributed by atoms with Crippen molar-refractivity contribution in [2.75, 3.05) is 19.6 Å². The molecule has 2 aromatic rings. The number of carbonyl (C=O) groups is 1. The lowest BCUT2D eigenvalue weighted by Gasteiger charge is -2.50. The fourth-order valence-electron chi connectivity index (χ4n) is 3.98. The first-order chi connectivity index (χ1) is 11.6. The van der Waals surface area contributed by atoms with Gasteiger partial charge in [0, 0.05) is 45.0 Å². The Hall–Kier alpha value is -2.14. The van der Waals surface area contributed by atoms with Gasteiger partial charge >= 0.3 is 0 Å². The smallest absolute Gasteiger partial charge is 0.270 e. The lowest BCUT2D eigenvalue weighted by atomic mass is 9.83. The standard InChI is InChI=1S/C19H22FN3O/c1-21-10-2-3-17(21)18(24)22-11-8-19(14-22)9-12-23(19)13-15-4-6-16(20)7-5-15/h2-7,10H,8-9,11-14H2,1H3. The molecule has 4 nitrogen and oxygen atoms in total. The fourth-order valence-corrected chi connectivity index (χ4v) is 3.98. The summed E-state index contributed by atoms with van der Waals surface area (Å²) in [7, 11) is 1.91. The summed E-state index contributed by atoms with van der Waals surface area (Å²) in [5.74, 6) is -0.0784. The first-order valence-corrected chi connectivity index (χ1v) is 8.48. The minimum atomic E-state index is -0.197. The first kappa shape index (κ1) is 15.4. The van der Waals surface area contributed by atoms with E-state index in [1.807, 2.05) is 47.0 Å². The molecular formula is C19H22FN3O. The number of nitrogens with zero attached hydrogens (tertiary/aromatic N) is 3. The Morgan fingerprint density at radius 2 is 1.92 bits per heavy atom. The van der Waals surface area contributed by atoms with E-state index >= 15 is 0 Å². The second-order valence-corrected chi connectivity index (χ2v) is 7.00. The lowest BCUT2D eigenvalue weighted by molar-refractivity contribution is -0.0132. The van der Waals surface area contributed by atoms with E-state index in [4.69, 9.17) is 0 Å². The maximum atomic E-state index is 13.1. The molecule has 5 heteroatoms. The molecule has 2 saturated heterocycles. The van der Waals surface area contributed by atoms with Crippen LogP contribution in [0.25, 0.3) is 0 Å². The number of hydrogen-bond acceptors (Lipinski definition) is 2. The second kappa shape index (κ2) is 5.74. The molecule has 2 aliphatic heterocycles. The summed E-state index contributed by atoms with van der Waals surface area (Å²) in [4.78, 5) is 17.1. The highest BCUT2D eigenvalue weighted by Gasteiger charge is 2.50. The molecule has 1 spiro atoms. The Balaban J connectivity index is 1.44. The van der Waals surface area contributed by atoms with Gasteiger partial charge in [-0.25, -0.2) is 4.39 Å². The van der Waals surface area contributed by atoms with Gasteiger partial charge in [-0.05, 0) is 42.7 Å². The van der Waals surface area contributed by atoms with Crippen LogP contribution in [0.3, 0.4) is 0 Å². The summed E-state index contributed by atoms with van der Waals surface area (Å²) in [5, 5.41) is 0. The molecule has 1 amide bonds. The summed E-state index contributed by atoms with van der Waals surface area (Å²) >= 11 is 0. The molecule has 2 fully saturated rings. The SMILES string of the molecule is Cn1cccc1C(=O)N1CCC2(CCN2Cc2ccc(F)cc2)C1. The zero-order chi connectivity index (χ0) is 16.7. The number of rotatable bonds is 3. The minimum absolute atomic E-state index is 0.106. The summed E-state index contributed by atoms with van der Waals surface area (Å²) < 4.78 is 14.9. The zero-order valence-electron chi connectivity index (χ0n) is 13.9. The third-order valence-electron chi connectivity index (χ3n) is 5.59. The molecule has 1 atom stereocenters. The number of likely N-dealkylation sites (tertiary alicyclic amines) is 2. The molecule has 0 bridgehead atoms. The van der Waals surface area contributed by atoms with E-state index in [2.05, 4.69) is 4.90 Å². The van der Waals surface area contributed by atoms with E-state index in [1.165, 1.54) is 12.1 Å². The van der Waals surface area contributed by atoms with Crippen molar-refractivity contribution in [1.82, 2.24) is 14.4 Å². The Bertz CT molecular complexity index is 754. The fraction of sp³-hybridized carbons (Fsp3) is 0.421. The number of carbonyl (C=O) groups excluding carboxylic acids is 1. The van der Waals surface area contributed by atoms with Crippen molar-refractivity contribution in [3.63, 3.8) is 0 Å². The van der Waals surface area contributed by atoms with Crippen LogP contribution in [0.4, 0.5) is 4.39 Å². The van der Waals surface area contributed by atoms with Crippen molar-refractivity contribution in [2.24, 2.45) is 7.05 Å². The van der Waals surface area contributed by atoms with Gasteiger partial charge in [0.05, 0.1) is 0 Å². The topological polar surface area (TPSA) is 28.5 Å². The highest BCUT2D eigenvalue weighted by Crippen LogP contribution is 2.40. The van der Waals surface area contributed by atoms with Crippen molar-refractivity contribution < 1.29 is 9.18 Å². The Labute approximate surface area is 141 Å². The molecule has 4 rings (SSSR count). The predicted octanol–water partition coefficient (Wildman–Crippen LogP) is 2.65. The average Bonchev–Trinajstić information content (AvgIpc) is 3.20. The van der Waals surface area contributed by atoms with Crippen molar-refractivity contribution in [3.05, 3.63) is 59.7 Å². The molecule has 2 aliphatic rings. The highest BCUT2D eigenvalue weighted by atomic mass is 19.1. The minimum Gasteiger partial charge on any atom is -0.347 e. The molecule has 0 radical (unpaired) electrons. The van der Waals surface area contributed by atoms with Gasteiger partial charge < -0.3 is 9.47 Å². The van der Waals surface area contributed by atoms with Gasteiger partial charge in [0.15, 0.2) is 0 Å². The number of aryl methyl sites for hydroxylation is 1. The van der Waals surface area contributed by atoms with Crippen LogP contribution in [0.1, 0.15) is 28.9 Å². The van der Waals surface area contributed by atoms with Crippen molar-refractivity contribution in [3.8, 4) is 0 Å². The number of aromatic nitrogens is 1. The van der Waals surface area contributed by atoms with Crippen molar-refractivity contribution in [2.45, 2.75) is 24.9 Å². The monoisotopic (exact) mass is 327 g/mol. The van der Waals surface area contributed by atoms with Crippen LogP contribution < -0.4 is 0 Å². The number of halogens is 1. The normalized spacial score (nSPS) is 23.7. The molecule has 24 heavy (non-hydrogen) atoms. The van der Waals surface area contributed by atoms with Crippen molar-refractivity contribution >= 4 is 5.91 Å². The van der Waals surface area contributed by atoms with E-state index in [0.717, 1.165) is 50.3 Å². The van der Waals surface area contributed by atoms with E-state index in [1.54, 1.807) is 0 Å². The predicted molar refractivity (Wildman–Crippen MR) is 90.1 cm³/mol. The average molecular weight is 327 g/mol. The number of benzene rings is 1. The Morgan fingerprint density at radius 1 is 1.17 bits per heavy atom. The summed E-state index contributed by atoms with van der Waals surface area (Å²) in [6.07, 6.45) is 4.05. The molecule has 0 saturated carbocycles. The quantitative estimate of drug-likeness (QED) is 0.867. The largest absolute Gasteiger partial charge is 0.347 e. The summed E-state index contributed by atoms with van der Waals surface area (Å²) in [5.41, 5.74) is 1.98. The van der Waals surface area contributed by atoms with Crippen LogP contribution in [0.2, 0.25) is 0 Å². The van der Waals surface area contributed by atoms with Crippen LogP contribution in [-0.2, 0) is 13.6 Å². The van der Waals surface area contributed by atoms with E-state index < -0.39 is 0 Å². The van der Waals surface area contributed by atoms with Gasteiger partial charge in [-0.15, -0.1) is 0 Å². The molecule has 1 aromatic heterocycles. The number of amides is 1. The summed E-state index contributed by atoms with van der Waals surface area (Å²) in [6.45, 7) is 3.47. The number of hydrogen-bond donors (Lipinski definition) is 0. The van der Waals surface area contributed by atoms with Crippen molar-refractivity contribution in [1.29, 1.82) is 0 Å². The van der Waals surface area contributed by atoms with Crippen LogP contribution in [-0.4, -0.2) is 45.4 Å². The van der Waals surface area contributed by atoms with Gasteiger partial charge in [0.1, 0.15) is 11.5 Å². The second-order valence-electron chi connectivity index (χ2n) is 7.00. The molecule has 1 unspecified atom stereocenters. The Kier molecular flexibility index (Phi) is 3.68. The van der Waals surface area contributed by atoms with Gasteiger partial charge in [-0.1, -0.05) is 12.1 Å². The lowest BCUT2D eigenvalue weighted by Crippen LogP contribution is -2.60. The molecular weight excluding hydrogens is 305 g/mol. The molecule has 3 heterocycles. The van der Waals surface area contributed by atoms with Gasteiger partial charge in [0.2, 0.25) is 0 Å². The molecule has 0 aliphatic carbocycles. The van der Waals surface area contributed by atoms with Crippen LogP contribution >= 0.6 is 0 Å². The third kappa shape index (κ3) is 2.53. The van der Waals surface area contributed by atoms with E-state index in [0.29, 0.717) is 0 Å². The van der Waals surface area contributed by atoms with Crippen LogP contribution in [0.15, 0.2) is 42.6 Å². The summed E-state index contributed by atoms with van der Waals surface area (Å²) in [6, 6.07) is 10.5. The highest BCUT2D eigenvalue weighted by molar-refractivity contribution is 5.93. The first-order valence-electron chi connectivity index (χ1n) is 8.48. The van der Waals surface area contributed by atoms with Gasteiger partial charge in [-0.3, -0.25) is 9.69 Å². The third-order valence-corrected chi connectivity index (χ3v) is 5.59. The van der Waals surface area contributed by atoms with Crippen LogP contribution in [0, 0.1) is 5.82 Å². The maximum absolute atomic E-state index is 13.1. The molecule has 0 N–H and O–H groups in total. The Morgan fingerprint density at radius 3 is 2.54 bits per heavy atom.